The van der Waals surface area contributed by atoms with Crippen LogP contribution in [0.5, 0.6) is 0 Å². The molecule has 5 heteroatoms. The van der Waals surface area contributed by atoms with E-state index in [4.69, 9.17) is 0 Å². The molecule has 1 heterocycles. The zero-order valence-corrected chi connectivity index (χ0v) is 12.0. The van der Waals surface area contributed by atoms with Crippen LogP contribution >= 0.6 is 0 Å². The van der Waals surface area contributed by atoms with Crippen LogP contribution in [0.3, 0.4) is 0 Å². The van der Waals surface area contributed by atoms with Crippen molar-refractivity contribution in [2.24, 2.45) is 0 Å². The molecule has 1 aromatic heterocycles. The van der Waals surface area contributed by atoms with E-state index in [9.17, 15) is 8.42 Å². The van der Waals surface area contributed by atoms with Crippen molar-refractivity contribution in [2.45, 2.75) is 18.5 Å². The predicted octanol–water partition coefficient (Wildman–Crippen LogP) is 2.81. The van der Waals surface area contributed by atoms with Crippen LogP contribution in [-0.4, -0.2) is 17.7 Å². The molecule has 0 fully saturated rings. The smallest absolute Gasteiger partial charge is 0.268 e. The lowest BCUT2D eigenvalue weighted by atomic mass is 10.2. The summed E-state index contributed by atoms with van der Waals surface area (Å²) in [7, 11) is -3.63. The number of pyridine rings is 1. The third kappa shape index (κ3) is 3.24. The molecular formula is C15H16N2O2S. The van der Waals surface area contributed by atoms with Crippen LogP contribution in [0, 0.1) is 0 Å². The normalized spacial score (nSPS) is 11.7. The number of aromatic nitrogens is 1. The molecule has 2 aromatic rings. The van der Waals surface area contributed by atoms with Gasteiger partial charge in [0.05, 0.1) is 6.54 Å². The van der Waals surface area contributed by atoms with Gasteiger partial charge in [-0.3, -0.25) is 4.31 Å². The summed E-state index contributed by atoms with van der Waals surface area (Å²) in [6, 6.07) is 14.3. The number of sulfonamides is 1. The second-order valence-corrected chi connectivity index (χ2v) is 6.02. The standard InChI is InChI=1S/C15H16N2O2S/c1-2-12-17(13-14-8-4-3-5-9-14)20(18,19)15-10-6-7-11-16-15/h2-12H,13H2,1H3/b12-2+. The zero-order chi connectivity index (χ0) is 14.4. The number of hydrogen-bond donors (Lipinski definition) is 0. The summed E-state index contributed by atoms with van der Waals surface area (Å²) in [5, 5.41) is 0.0500. The molecule has 0 atom stereocenters. The van der Waals surface area contributed by atoms with Crippen LogP contribution in [-0.2, 0) is 16.6 Å². The summed E-state index contributed by atoms with van der Waals surface area (Å²) >= 11 is 0. The Morgan fingerprint density at radius 3 is 2.40 bits per heavy atom. The highest BCUT2D eigenvalue weighted by atomic mass is 32.2. The largest absolute Gasteiger partial charge is 0.281 e. The molecule has 2 rings (SSSR count). The summed E-state index contributed by atoms with van der Waals surface area (Å²) in [5.74, 6) is 0. The van der Waals surface area contributed by atoms with Gasteiger partial charge in [-0.2, -0.15) is 8.42 Å². The SMILES string of the molecule is C/C=C/N(Cc1ccccc1)S(=O)(=O)c1ccccn1. The third-order valence-electron chi connectivity index (χ3n) is 2.71. The number of benzene rings is 1. The first-order valence-electron chi connectivity index (χ1n) is 6.24. The van der Waals surface area contributed by atoms with Crippen molar-refractivity contribution in [3.63, 3.8) is 0 Å². The number of nitrogens with zero attached hydrogens (tertiary/aromatic N) is 2. The first-order valence-corrected chi connectivity index (χ1v) is 7.68. The van der Waals surface area contributed by atoms with Crippen LogP contribution in [0.25, 0.3) is 0 Å². The minimum atomic E-state index is -3.63. The minimum Gasteiger partial charge on any atom is -0.268 e. The van der Waals surface area contributed by atoms with Crippen molar-refractivity contribution < 1.29 is 8.42 Å². The van der Waals surface area contributed by atoms with Gasteiger partial charge in [0.15, 0.2) is 5.03 Å². The van der Waals surface area contributed by atoms with Crippen molar-refractivity contribution in [2.75, 3.05) is 0 Å². The molecule has 0 N–H and O–H groups in total. The molecule has 0 aliphatic carbocycles. The average molecular weight is 288 g/mol. The van der Waals surface area contributed by atoms with Gasteiger partial charge in [-0.15, -0.1) is 0 Å². The summed E-state index contributed by atoms with van der Waals surface area (Å²) in [6.45, 7) is 2.07. The number of rotatable bonds is 5. The Labute approximate surface area is 119 Å². The average Bonchev–Trinajstić information content (AvgIpc) is 2.49. The second-order valence-electron chi connectivity index (χ2n) is 4.19. The van der Waals surface area contributed by atoms with Crippen molar-refractivity contribution >= 4 is 10.0 Å². The molecule has 0 aliphatic rings. The Bertz CT molecular complexity index is 668. The third-order valence-corrected chi connectivity index (χ3v) is 4.35. The molecule has 104 valence electrons. The Kier molecular flexibility index (Phi) is 4.53. The van der Waals surface area contributed by atoms with E-state index in [-0.39, 0.29) is 11.6 Å². The molecule has 0 radical (unpaired) electrons. The topological polar surface area (TPSA) is 50.3 Å². The predicted molar refractivity (Wildman–Crippen MR) is 78.2 cm³/mol. The lowest BCUT2D eigenvalue weighted by molar-refractivity contribution is 0.491. The van der Waals surface area contributed by atoms with Crippen molar-refractivity contribution in [3.8, 4) is 0 Å². The van der Waals surface area contributed by atoms with Gasteiger partial charge in [0.2, 0.25) is 0 Å². The summed E-state index contributed by atoms with van der Waals surface area (Å²) in [6.07, 6.45) is 4.73. The van der Waals surface area contributed by atoms with Crippen molar-refractivity contribution in [1.82, 2.24) is 9.29 Å². The van der Waals surface area contributed by atoms with E-state index >= 15 is 0 Å². The van der Waals surface area contributed by atoms with Gasteiger partial charge >= 0.3 is 0 Å². The highest BCUT2D eigenvalue weighted by Crippen LogP contribution is 2.16. The first-order chi connectivity index (χ1) is 9.64. The number of hydrogen-bond acceptors (Lipinski definition) is 3. The molecule has 0 spiro atoms. The van der Waals surface area contributed by atoms with Gasteiger partial charge in [-0.25, -0.2) is 4.98 Å². The lowest BCUT2D eigenvalue weighted by Crippen LogP contribution is -2.26. The quantitative estimate of drug-likeness (QED) is 0.850. The van der Waals surface area contributed by atoms with Crippen LogP contribution in [0.15, 0.2) is 72.0 Å². The molecule has 4 nitrogen and oxygen atoms in total. The summed E-state index contributed by atoms with van der Waals surface area (Å²) in [5.41, 5.74) is 0.921. The van der Waals surface area contributed by atoms with E-state index < -0.39 is 10.0 Å². The maximum Gasteiger partial charge on any atom is 0.281 e. The van der Waals surface area contributed by atoms with Gasteiger partial charge in [-0.1, -0.05) is 42.5 Å². The van der Waals surface area contributed by atoms with Crippen LogP contribution in [0.4, 0.5) is 0 Å². The second kappa shape index (κ2) is 6.34. The van der Waals surface area contributed by atoms with E-state index in [0.717, 1.165) is 5.56 Å². The van der Waals surface area contributed by atoms with Crippen molar-refractivity contribution in [1.29, 1.82) is 0 Å². The molecule has 0 bridgehead atoms. The Hall–Kier alpha value is -2.14. The van der Waals surface area contributed by atoms with Gasteiger partial charge in [0, 0.05) is 12.4 Å². The van der Waals surface area contributed by atoms with E-state index in [1.165, 1.54) is 16.6 Å². The number of allylic oxidation sites excluding steroid dienone is 1. The summed E-state index contributed by atoms with van der Waals surface area (Å²) < 4.78 is 26.4. The fourth-order valence-electron chi connectivity index (χ4n) is 1.77. The van der Waals surface area contributed by atoms with E-state index in [0.29, 0.717) is 0 Å². The van der Waals surface area contributed by atoms with Gasteiger partial charge in [0.1, 0.15) is 0 Å². The van der Waals surface area contributed by atoms with Gasteiger partial charge < -0.3 is 0 Å². The van der Waals surface area contributed by atoms with Gasteiger partial charge in [-0.05, 0) is 24.6 Å². The zero-order valence-electron chi connectivity index (χ0n) is 11.2. The maximum absolute atomic E-state index is 12.5. The fourth-order valence-corrected chi connectivity index (χ4v) is 3.05. The highest BCUT2D eigenvalue weighted by Gasteiger charge is 2.22. The fraction of sp³-hybridized carbons (Fsp3) is 0.133. The molecule has 1 aromatic carbocycles. The van der Waals surface area contributed by atoms with Gasteiger partial charge in [0.25, 0.3) is 10.0 Å². The van der Waals surface area contributed by atoms with Crippen molar-refractivity contribution in [3.05, 3.63) is 72.6 Å². The first kappa shape index (κ1) is 14.3. The molecule has 20 heavy (non-hydrogen) atoms. The minimum absolute atomic E-state index is 0.0500. The Morgan fingerprint density at radius 1 is 1.10 bits per heavy atom. The monoisotopic (exact) mass is 288 g/mol. The van der Waals surface area contributed by atoms with Crippen LogP contribution in [0.2, 0.25) is 0 Å². The summed E-state index contributed by atoms with van der Waals surface area (Å²) in [4.78, 5) is 3.93. The molecule has 0 amide bonds. The molecule has 0 saturated carbocycles. The molecule has 0 unspecified atom stereocenters. The highest BCUT2D eigenvalue weighted by molar-refractivity contribution is 7.89. The Morgan fingerprint density at radius 2 is 1.80 bits per heavy atom. The van der Waals surface area contributed by atoms with E-state index in [2.05, 4.69) is 4.98 Å². The molecular weight excluding hydrogens is 272 g/mol. The maximum atomic E-state index is 12.5. The van der Waals surface area contributed by atoms with E-state index in [1.54, 1.807) is 31.3 Å². The van der Waals surface area contributed by atoms with Crippen LogP contribution < -0.4 is 0 Å². The molecule has 0 aliphatic heterocycles. The van der Waals surface area contributed by atoms with E-state index in [1.807, 2.05) is 30.3 Å². The van der Waals surface area contributed by atoms with Crippen LogP contribution in [0.1, 0.15) is 12.5 Å². The molecule has 0 saturated heterocycles. The lowest BCUT2D eigenvalue weighted by Gasteiger charge is -2.19. The Balaban J connectivity index is 2.34.